The number of benzene rings is 1. The van der Waals surface area contributed by atoms with Crippen molar-refractivity contribution < 1.29 is 9.53 Å². The van der Waals surface area contributed by atoms with Crippen molar-refractivity contribution in [3.63, 3.8) is 0 Å². The third-order valence-electron chi connectivity index (χ3n) is 2.93. The molecule has 0 saturated heterocycles. The summed E-state index contributed by atoms with van der Waals surface area (Å²) in [6.45, 7) is 6.00. The maximum atomic E-state index is 11.8. The van der Waals surface area contributed by atoms with E-state index in [0.29, 0.717) is 12.4 Å². The second-order valence-electron chi connectivity index (χ2n) is 5.84. The van der Waals surface area contributed by atoms with Gasteiger partial charge in [-0.2, -0.15) is 5.26 Å². The van der Waals surface area contributed by atoms with E-state index in [0.717, 1.165) is 11.0 Å². The zero-order valence-corrected chi connectivity index (χ0v) is 12.6. The van der Waals surface area contributed by atoms with Gasteiger partial charge in [-0.15, -0.1) is 0 Å². The zero-order chi connectivity index (χ0) is 15.5. The highest BCUT2D eigenvalue weighted by molar-refractivity contribution is 5.76. The minimum Gasteiger partial charge on any atom is -0.460 e. The lowest BCUT2D eigenvalue weighted by molar-refractivity contribution is -0.155. The zero-order valence-electron chi connectivity index (χ0n) is 12.6. The molecule has 0 unspecified atom stereocenters. The minimum atomic E-state index is -0.483. The van der Waals surface area contributed by atoms with Crippen molar-refractivity contribution in [2.45, 2.75) is 45.8 Å². The Balaban J connectivity index is 2.19. The summed E-state index contributed by atoms with van der Waals surface area (Å²) in [6, 6.07) is 9.78. The molecule has 0 fully saturated rings. The third-order valence-corrected chi connectivity index (χ3v) is 2.93. The van der Waals surface area contributed by atoms with Gasteiger partial charge in [0.05, 0.1) is 29.9 Å². The first-order valence-electron chi connectivity index (χ1n) is 6.93. The van der Waals surface area contributed by atoms with Crippen molar-refractivity contribution >= 4 is 17.0 Å². The molecule has 0 N–H and O–H groups in total. The van der Waals surface area contributed by atoms with Crippen LogP contribution in [0.4, 0.5) is 0 Å². The third kappa shape index (κ3) is 3.82. The summed E-state index contributed by atoms with van der Waals surface area (Å²) in [7, 11) is 0. The number of para-hydroxylation sites is 2. The molecule has 110 valence electrons. The van der Waals surface area contributed by atoms with Crippen molar-refractivity contribution in [3.05, 3.63) is 30.1 Å². The Hall–Kier alpha value is -2.35. The molecule has 0 bridgehead atoms. The SMILES string of the molecule is CC(C)(C)OC(=O)CCn1c(CC#N)nc2ccccc21. The van der Waals surface area contributed by atoms with Gasteiger partial charge in [-0.05, 0) is 32.9 Å². The Morgan fingerprint density at radius 3 is 2.76 bits per heavy atom. The molecule has 0 saturated carbocycles. The fourth-order valence-corrected chi connectivity index (χ4v) is 2.18. The van der Waals surface area contributed by atoms with E-state index in [1.807, 2.05) is 49.6 Å². The van der Waals surface area contributed by atoms with Crippen LogP contribution in [0.15, 0.2) is 24.3 Å². The first kappa shape index (κ1) is 15.0. The largest absolute Gasteiger partial charge is 0.460 e. The molecule has 0 aliphatic heterocycles. The van der Waals surface area contributed by atoms with Crippen molar-refractivity contribution in [1.82, 2.24) is 9.55 Å². The molecule has 21 heavy (non-hydrogen) atoms. The van der Waals surface area contributed by atoms with Crippen LogP contribution in [0.1, 0.15) is 33.0 Å². The van der Waals surface area contributed by atoms with Crippen molar-refractivity contribution in [3.8, 4) is 6.07 Å². The lowest BCUT2D eigenvalue weighted by Gasteiger charge is -2.19. The highest BCUT2D eigenvalue weighted by Crippen LogP contribution is 2.17. The molecule has 0 atom stereocenters. The monoisotopic (exact) mass is 285 g/mol. The van der Waals surface area contributed by atoms with Gasteiger partial charge in [-0.25, -0.2) is 4.98 Å². The molecule has 5 nitrogen and oxygen atoms in total. The fourth-order valence-electron chi connectivity index (χ4n) is 2.18. The quantitative estimate of drug-likeness (QED) is 0.810. The predicted molar refractivity (Wildman–Crippen MR) is 79.5 cm³/mol. The van der Waals surface area contributed by atoms with Crippen LogP contribution in [-0.4, -0.2) is 21.1 Å². The lowest BCUT2D eigenvalue weighted by Crippen LogP contribution is -2.24. The molecule has 1 heterocycles. The number of hydrogen-bond acceptors (Lipinski definition) is 4. The smallest absolute Gasteiger partial charge is 0.308 e. The molecular weight excluding hydrogens is 266 g/mol. The fraction of sp³-hybridized carbons (Fsp3) is 0.438. The minimum absolute atomic E-state index is 0.225. The van der Waals surface area contributed by atoms with Crippen LogP contribution in [0.2, 0.25) is 0 Å². The van der Waals surface area contributed by atoms with Crippen molar-refractivity contribution in [2.75, 3.05) is 0 Å². The number of aryl methyl sites for hydroxylation is 1. The normalized spacial score (nSPS) is 11.3. The van der Waals surface area contributed by atoms with Crippen LogP contribution < -0.4 is 0 Å². The van der Waals surface area contributed by atoms with Gasteiger partial charge in [0.25, 0.3) is 0 Å². The van der Waals surface area contributed by atoms with Crippen LogP contribution in [0.25, 0.3) is 11.0 Å². The number of esters is 1. The summed E-state index contributed by atoms with van der Waals surface area (Å²) >= 11 is 0. The highest BCUT2D eigenvalue weighted by atomic mass is 16.6. The number of ether oxygens (including phenoxy) is 1. The number of nitriles is 1. The summed E-state index contributed by atoms with van der Waals surface area (Å²) in [4.78, 5) is 16.3. The van der Waals surface area contributed by atoms with E-state index in [1.54, 1.807) is 0 Å². The van der Waals surface area contributed by atoms with E-state index in [1.165, 1.54) is 0 Å². The summed E-state index contributed by atoms with van der Waals surface area (Å²) in [5.74, 6) is 0.436. The van der Waals surface area contributed by atoms with Gasteiger partial charge in [-0.3, -0.25) is 4.79 Å². The second-order valence-corrected chi connectivity index (χ2v) is 5.84. The number of nitrogens with zero attached hydrogens (tertiary/aromatic N) is 3. The Morgan fingerprint density at radius 1 is 1.38 bits per heavy atom. The number of hydrogen-bond donors (Lipinski definition) is 0. The van der Waals surface area contributed by atoms with Gasteiger partial charge in [0.15, 0.2) is 0 Å². The lowest BCUT2D eigenvalue weighted by atomic mass is 10.2. The predicted octanol–water partition coefficient (Wildman–Crippen LogP) is 2.83. The van der Waals surface area contributed by atoms with Crippen molar-refractivity contribution in [1.29, 1.82) is 5.26 Å². The summed E-state index contributed by atoms with van der Waals surface area (Å²) in [6.07, 6.45) is 0.485. The Kier molecular flexibility index (Phi) is 4.27. The Labute approximate surface area is 124 Å². The number of fused-ring (bicyclic) bond motifs is 1. The molecule has 0 radical (unpaired) electrons. The van der Waals surface area contributed by atoms with Crippen LogP contribution in [-0.2, 0) is 22.5 Å². The number of carbonyl (C=O) groups is 1. The standard InChI is InChI=1S/C16H19N3O2/c1-16(2,3)21-15(20)9-11-19-13-7-5-4-6-12(13)18-14(19)8-10-17/h4-7H,8-9,11H2,1-3H3. The van der Waals surface area contributed by atoms with E-state index >= 15 is 0 Å². The molecule has 0 amide bonds. The number of imidazole rings is 1. The average Bonchev–Trinajstić information content (AvgIpc) is 2.72. The van der Waals surface area contributed by atoms with E-state index in [4.69, 9.17) is 10.00 Å². The van der Waals surface area contributed by atoms with E-state index in [9.17, 15) is 4.79 Å². The van der Waals surface area contributed by atoms with Gasteiger partial charge >= 0.3 is 5.97 Å². The summed E-state index contributed by atoms with van der Waals surface area (Å²) < 4.78 is 7.23. The van der Waals surface area contributed by atoms with E-state index in [-0.39, 0.29) is 18.8 Å². The second kappa shape index (κ2) is 5.96. The van der Waals surface area contributed by atoms with Crippen LogP contribution >= 0.6 is 0 Å². The van der Waals surface area contributed by atoms with Crippen LogP contribution in [0, 0.1) is 11.3 Å². The van der Waals surface area contributed by atoms with Crippen LogP contribution in [0.3, 0.4) is 0 Å². The number of rotatable bonds is 4. The topological polar surface area (TPSA) is 67.9 Å². The molecule has 1 aromatic heterocycles. The molecule has 1 aromatic carbocycles. The Bertz CT molecular complexity index is 690. The first-order chi connectivity index (χ1) is 9.90. The molecule has 0 aliphatic rings. The summed E-state index contributed by atoms with van der Waals surface area (Å²) in [5, 5.41) is 8.90. The van der Waals surface area contributed by atoms with E-state index in [2.05, 4.69) is 11.1 Å². The van der Waals surface area contributed by atoms with Gasteiger partial charge in [0.2, 0.25) is 0 Å². The van der Waals surface area contributed by atoms with Crippen LogP contribution in [0.5, 0.6) is 0 Å². The molecule has 2 aromatic rings. The van der Waals surface area contributed by atoms with Crippen molar-refractivity contribution in [2.24, 2.45) is 0 Å². The van der Waals surface area contributed by atoms with Gasteiger partial charge < -0.3 is 9.30 Å². The molecule has 2 rings (SSSR count). The maximum absolute atomic E-state index is 11.8. The van der Waals surface area contributed by atoms with E-state index < -0.39 is 5.60 Å². The molecule has 0 aliphatic carbocycles. The number of carbonyl (C=O) groups excluding carboxylic acids is 1. The van der Waals surface area contributed by atoms with Gasteiger partial charge in [0.1, 0.15) is 11.4 Å². The highest BCUT2D eigenvalue weighted by Gasteiger charge is 2.17. The Morgan fingerprint density at radius 2 is 2.10 bits per heavy atom. The molecule has 0 spiro atoms. The molecular formula is C16H19N3O2. The number of aromatic nitrogens is 2. The summed E-state index contributed by atoms with van der Waals surface area (Å²) in [5.41, 5.74) is 1.29. The molecule has 5 heteroatoms. The maximum Gasteiger partial charge on any atom is 0.308 e. The van der Waals surface area contributed by atoms with Gasteiger partial charge in [-0.1, -0.05) is 12.1 Å². The van der Waals surface area contributed by atoms with Gasteiger partial charge in [0, 0.05) is 6.54 Å². The first-order valence-corrected chi connectivity index (χ1v) is 6.93. The average molecular weight is 285 g/mol.